The first-order chi connectivity index (χ1) is 13.9. The number of urea groups is 1. The molecule has 3 aromatic rings. The number of hydrogen-bond acceptors (Lipinski definition) is 4. The van der Waals surface area contributed by atoms with Crippen LogP contribution in [0.3, 0.4) is 0 Å². The van der Waals surface area contributed by atoms with Gasteiger partial charge in [0.1, 0.15) is 5.00 Å². The molecule has 0 radical (unpaired) electrons. The van der Waals surface area contributed by atoms with Crippen molar-refractivity contribution in [2.45, 2.75) is 33.7 Å². The molecule has 0 saturated heterocycles. The molecule has 0 fully saturated rings. The van der Waals surface area contributed by atoms with Crippen molar-refractivity contribution in [1.82, 2.24) is 9.88 Å². The minimum absolute atomic E-state index is 0.189. The van der Waals surface area contributed by atoms with Gasteiger partial charge in [-0.05, 0) is 63.6 Å². The van der Waals surface area contributed by atoms with Gasteiger partial charge in [-0.3, -0.25) is 0 Å². The standard InChI is InChI=1S/C22H25N3O3S/c1-5-28-21(26)17-9-8-10-18(13-17)24-22(27)23-15(3)19-14(2)16(4)29-20(19)25-11-6-7-12-25/h6-13,15H,5H2,1-4H3,(H2,23,24,27)/t15-/m1/s1. The van der Waals surface area contributed by atoms with Crippen LogP contribution in [-0.4, -0.2) is 23.2 Å². The molecule has 2 N–H and O–H groups in total. The van der Waals surface area contributed by atoms with Crippen LogP contribution < -0.4 is 10.6 Å². The molecule has 0 spiro atoms. The number of amides is 2. The van der Waals surface area contributed by atoms with Gasteiger partial charge in [0.15, 0.2) is 0 Å². The van der Waals surface area contributed by atoms with E-state index in [2.05, 4.69) is 29.0 Å². The van der Waals surface area contributed by atoms with Crippen LogP contribution in [0.5, 0.6) is 0 Å². The molecule has 2 aromatic heterocycles. The molecule has 7 heteroatoms. The predicted molar refractivity (Wildman–Crippen MR) is 116 cm³/mol. The van der Waals surface area contributed by atoms with Gasteiger partial charge >= 0.3 is 12.0 Å². The predicted octanol–water partition coefficient (Wildman–Crippen LogP) is 5.22. The number of nitrogens with zero attached hydrogens (tertiary/aromatic N) is 1. The van der Waals surface area contributed by atoms with E-state index in [-0.39, 0.29) is 12.1 Å². The average molecular weight is 412 g/mol. The highest BCUT2D eigenvalue weighted by Gasteiger charge is 2.21. The first-order valence-electron chi connectivity index (χ1n) is 9.48. The molecule has 1 atom stereocenters. The third-order valence-corrected chi connectivity index (χ3v) is 5.90. The van der Waals surface area contributed by atoms with Crippen molar-refractivity contribution < 1.29 is 14.3 Å². The number of aryl methyl sites for hydroxylation is 1. The Morgan fingerprint density at radius 2 is 1.90 bits per heavy atom. The van der Waals surface area contributed by atoms with Crippen LogP contribution in [0.15, 0.2) is 48.8 Å². The monoisotopic (exact) mass is 411 g/mol. The molecule has 152 valence electrons. The molecule has 0 aliphatic rings. The van der Waals surface area contributed by atoms with Crippen LogP contribution in [0.1, 0.15) is 46.3 Å². The van der Waals surface area contributed by atoms with Crippen LogP contribution in [-0.2, 0) is 4.74 Å². The van der Waals surface area contributed by atoms with Gasteiger partial charge in [-0.25, -0.2) is 9.59 Å². The fraction of sp³-hybridized carbons (Fsp3) is 0.273. The lowest BCUT2D eigenvalue weighted by atomic mass is 10.1. The average Bonchev–Trinajstić information content (AvgIpc) is 3.31. The summed E-state index contributed by atoms with van der Waals surface area (Å²) in [5.74, 6) is -0.411. The number of carbonyl (C=O) groups excluding carboxylic acids is 2. The van der Waals surface area contributed by atoms with Gasteiger partial charge < -0.3 is 19.9 Å². The van der Waals surface area contributed by atoms with E-state index in [9.17, 15) is 9.59 Å². The van der Waals surface area contributed by atoms with E-state index < -0.39 is 5.97 Å². The number of nitrogens with one attached hydrogen (secondary N) is 2. The normalized spacial score (nSPS) is 11.7. The number of carbonyl (C=O) groups is 2. The van der Waals surface area contributed by atoms with Crippen molar-refractivity contribution in [2.75, 3.05) is 11.9 Å². The highest BCUT2D eigenvalue weighted by molar-refractivity contribution is 7.14. The summed E-state index contributed by atoms with van der Waals surface area (Å²) in [7, 11) is 0. The number of esters is 1. The Hall–Kier alpha value is -3.06. The second-order valence-electron chi connectivity index (χ2n) is 6.71. The fourth-order valence-electron chi connectivity index (χ4n) is 3.17. The van der Waals surface area contributed by atoms with E-state index >= 15 is 0 Å². The van der Waals surface area contributed by atoms with Crippen molar-refractivity contribution in [1.29, 1.82) is 0 Å². The second kappa shape index (κ2) is 8.96. The first-order valence-corrected chi connectivity index (χ1v) is 10.3. The zero-order valence-electron chi connectivity index (χ0n) is 17.0. The van der Waals surface area contributed by atoms with Crippen molar-refractivity contribution >= 4 is 29.0 Å². The quantitative estimate of drug-likeness (QED) is 0.547. The third-order valence-electron chi connectivity index (χ3n) is 4.66. The zero-order valence-corrected chi connectivity index (χ0v) is 17.8. The number of anilines is 1. The smallest absolute Gasteiger partial charge is 0.338 e. The summed E-state index contributed by atoms with van der Waals surface area (Å²) in [6.07, 6.45) is 4.00. The highest BCUT2D eigenvalue weighted by Crippen LogP contribution is 2.35. The molecule has 2 amide bonds. The Morgan fingerprint density at radius 3 is 2.59 bits per heavy atom. The van der Waals surface area contributed by atoms with E-state index in [4.69, 9.17) is 4.74 Å². The van der Waals surface area contributed by atoms with E-state index in [0.29, 0.717) is 17.9 Å². The number of ether oxygens (including phenoxy) is 1. The largest absolute Gasteiger partial charge is 0.462 e. The minimum Gasteiger partial charge on any atom is -0.462 e. The molecule has 29 heavy (non-hydrogen) atoms. The summed E-state index contributed by atoms with van der Waals surface area (Å²) in [5, 5.41) is 6.90. The van der Waals surface area contributed by atoms with Crippen LogP contribution in [0.2, 0.25) is 0 Å². The molecule has 6 nitrogen and oxygen atoms in total. The van der Waals surface area contributed by atoms with E-state index in [1.54, 1.807) is 42.5 Å². The summed E-state index contributed by atoms with van der Waals surface area (Å²) in [6.45, 7) is 8.19. The number of rotatable bonds is 6. The fourth-order valence-corrected chi connectivity index (χ4v) is 4.39. The lowest BCUT2D eigenvalue weighted by molar-refractivity contribution is 0.0526. The molecule has 3 rings (SSSR count). The van der Waals surface area contributed by atoms with Gasteiger partial charge in [-0.1, -0.05) is 6.07 Å². The number of thiophene rings is 1. The van der Waals surface area contributed by atoms with Gasteiger partial charge in [0, 0.05) is 28.5 Å². The topological polar surface area (TPSA) is 72.4 Å². The molecule has 2 heterocycles. The van der Waals surface area contributed by atoms with Crippen molar-refractivity contribution in [3.8, 4) is 5.00 Å². The summed E-state index contributed by atoms with van der Waals surface area (Å²) in [6, 6.07) is 10.1. The van der Waals surface area contributed by atoms with Gasteiger partial charge in [0.2, 0.25) is 0 Å². The van der Waals surface area contributed by atoms with Gasteiger partial charge in [0.05, 0.1) is 18.2 Å². The Kier molecular flexibility index (Phi) is 6.39. The summed E-state index contributed by atoms with van der Waals surface area (Å²) in [5.41, 5.74) is 3.20. The molecule has 0 aliphatic carbocycles. The molecule has 0 bridgehead atoms. The Morgan fingerprint density at radius 1 is 1.17 bits per heavy atom. The minimum atomic E-state index is -0.411. The van der Waals surface area contributed by atoms with E-state index in [1.165, 1.54) is 10.4 Å². The third kappa shape index (κ3) is 4.68. The number of hydrogen-bond donors (Lipinski definition) is 2. The second-order valence-corrected chi connectivity index (χ2v) is 7.92. The van der Waals surface area contributed by atoms with Gasteiger partial charge in [-0.2, -0.15) is 0 Å². The van der Waals surface area contributed by atoms with E-state index in [0.717, 1.165) is 10.6 Å². The van der Waals surface area contributed by atoms with Gasteiger partial charge in [0.25, 0.3) is 0 Å². The van der Waals surface area contributed by atoms with E-state index in [1.807, 2.05) is 31.5 Å². The Bertz CT molecular complexity index is 1010. The van der Waals surface area contributed by atoms with Crippen LogP contribution in [0.4, 0.5) is 10.5 Å². The Balaban J connectivity index is 1.74. The summed E-state index contributed by atoms with van der Waals surface area (Å²) >= 11 is 1.71. The number of benzene rings is 1. The molecule has 0 saturated carbocycles. The van der Waals surface area contributed by atoms with Crippen LogP contribution in [0, 0.1) is 13.8 Å². The molecular weight excluding hydrogens is 386 g/mol. The van der Waals surface area contributed by atoms with Gasteiger partial charge in [-0.15, -0.1) is 11.3 Å². The van der Waals surface area contributed by atoms with Crippen LogP contribution in [0.25, 0.3) is 5.00 Å². The number of aromatic nitrogens is 1. The highest BCUT2D eigenvalue weighted by atomic mass is 32.1. The maximum Gasteiger partial charge on any atom is 0.338 e. The van der Waals surface area contributed by atoms with Crippen molar-refractivity contribution in [3.63, 3.8) is 0 Å². The lowest BCUT2D eigenvalue weighted by Gasteiger charge is -2.17. The zero-order chi connectivity index (χ0) is 21.0. The molecule has 0 unspecified atom stereocenters. The first kappa shape index (κ1) is 20.7. The SMILES string of the molecule is CCOC(=O)c1cccc(NC(=O)N[C@H](C)c2c(-n3cccc3)sc(C)c2C)c1. The molecule has 1 aromatic carbocycles. The summed E-state index contributed by atoms with van der Waals surface area (Å²) in [4.78, 5) is 25.7. The van der Waals surface area contributed by atoms with Crippen molar-refractivity contribution in [3.05, 3.63) is 70.4 Å². The maximum atomic E-state index is 12.6. The lowest BCUT2D eigenvalue weighted by Crippen LogP contribution is -2.31. The molecule has 0 aliphatic heterocycles. The molecular formula is C22H25N3O3S. The van der Waals surface area contributed by atoms with Crippen molar-refractivity contribution in [2.24, 2.45) is 0 Å². The Labute approximate surface area is 174 Å². The van der Waals surface area contributed by atoms with Crippen LogP contribution >= 0.6 is 11.3 Å². The maximum absolute atomic E-state index is 12.6. The summed E-state index contributed by atoms with van der Waals surface area (Å²) < 4.78 is 7.07.